The van der Waals surface area contributed by atoms with Crippen molar-refractivity contribution in [1.82, 2.24) is 9.97 Å². The molecule has 0 unspecified atom stereocenters. The molecule has 0 fully saturated rings. The Morgan fingerprint density at radius 2 is 1.76 bits per heavy atom. The van der Waals surface area contributed by atoms with Crippen LogP contribution in [0.15, 0.2) is 18.2 Å². The predicted octanol–water partition coefficient (Wildman–Crippen LogP) is 2.45. The molecule has 1 aromatic carbocycles. The Morgan fingerprint density at radius 1 is 1.06 bits per heavy atom. The number of anilines is 1. The van der Waals surface area contributed by atoms with Gasteiger partial charge in [-0.15, -0.1) is 0 Å². The van der Waals surface area contributed by atoms with E-state index in [1.54, 1.807) is 6.92 Å². The van der Waals surface area contributed by atoms with Crippen LogP contribution in [0.2, 0.25) is 0 Å². The molecule has 0 amide bonds. The summed E-state index contributed by atoms with van der Waals surface area (Å²) in [6.07, 6.45) is 0. The second kappa shape index (κ2) is 4.04. The molecule has 2 aromatic rings. The first kappa shape index (κ1) is 11.4. The zero-order valence-corrected chi connectivity index (χ0v) is 8.84. The molecule has 0 aliphatic rings. The smallest absolute Gasteiger partial charge is 0.220 e. The van der Waals surface area contributed by atoms with E-state index in [-0.39, 0.29) is 17.2 Å². The van der Waals surface area contributed by atoms with Crippen LogP contribution in [0, 0.1) is 24.4 Å². The predicted molar refractivity (Wildman–Crippen MR) is 56.5 cm³/mol. The molecule has 88 valence electrons. The lowest BCUT2D eigenvalue weighted by Crippen LogP contribution is -2.01. The first-order valence-corrected chi connectivity index (χ1v) is 4.74. The fourth-order valence-corrected chi connectivity index (χ4v) is 1.45. The highest BCUT2D eigenvalue weighted by Crippen LogP contribution is 2.25. The summed E-state index contributed by atoms with van der Waals surface area (Å²) in [5.41, 5.74) is 5.88. The lowest BCUT2D eigenvalue weighted by Gasteiger charge is -2.05. The number of nitrogens with zero attached hydrogens (tertiary/aromatic N) is 2. The molecule has 3 nitrogen and oxygen atoms in total. The van der Waals surface area contributed by atoms with Crippen LogP contribution in [0.5, 0.6) is 0 Å². The molecule has 0 aliphatic heterocycles. The Labute approximate surface area is 95.1 Å². The Morgan fingerprint density at radius 3 is 2.41 bits per heavy atom. The molecular weight excluding hydrogens is 231 g/mol. The van der Waals surface area contributed by atoms with Gasteiger partial charge in [0.2, 0.25) is 5.95 Å². The van der Waals surface area contributed by atoms with Crippen molar-refractivity contribution in [2.45, 2.75) is 6.92 Å². The molecule has 0 spiro atoms. The molecule has 1 heterocycles. The summed E-state index contributed by atoms with van der Waals surface area (Å²) >= 11 is 0. The van der Waals surface area contributed by atoms with E-state index in [0.717, 1.165) is 12.1 Å². The largest absolute Gasteiger partial charge is 0.368 e. The average molecular weight is 239 g/mol. The zero-order valence-electron chi connectivity index (χ0n) is 8.84. The van der Waals surface area contributed by atoms with Crippen molar-refractivity contribution in [3.05, 3.63) is 41.3 Å². The van der Waals surface area contributed by atoms with Crippen LogP contribution in [-0.4, -0.2) is 9.97 Å². The van der Waals surface area contributed by atoms with Gasteiger partial charge in [0.05, 0.1) is 5.69 Å². The van der Waals surface area contributed by atoms with Crippen molar-refractivity contribution in [3.8, 4) is 11.3 Å². The van der Waals surface area contributed by atoms with E-state index in [1.807, 2.05) is 0 Å². The van der Waals surface area contributed by atoms with Gasteiger partial charge in [-0.3, -0.25) is 0 Å². The van der Waals surface area contributed by atoms with Crippen molar-refractivity contribution in [2.24, 2.45) is 0 Å². The number of aromatic nitrogens is 2. The van der Waals surface area contributed by atoms with Crippen LogP contribution in [0.1, 0.15) is 5.69 Å². The second-order valence-electron chi connectivity index (χ2n) is 3.48. The van der Waals surface area contributed by atoms with E-state index >= 15 is 0 Å². The first-order valence-electron chi connectivity index (χ1n) is 4.74. The summed E-state index contributed by atoms with van der Waals surface area (Å²) in [6, 6.07) is 3.38. The Kier molecular flexibility index (Phi) is 2.71. The third-order valence-corrected chi connectivity index (χ3v) is 2.18. The molecule has 0 radical (unpaired) electrons. The van der Waals surface area contributed by atoms with E-state index in [1.165, 1.54) is 6.07 Å². The van der Waals surface area contributed by atoms with Gasteiger partial charge >= 0.3 is 0 Å². The highest BCUT2D eigenvalue weighted by Gasteiger charge is 2.16. The average Bonchev–Trinajstić information content (AvgIpc) is 2.24. The molecule has 0 aliphatic carbocycles. The van der Waals surface area contributed by atoms with Crippen molar-refractivity contribution >= 4 is 5.95 Å². The first-order chi connectivity index (χ1) is 7.99. The SMILES string of the molecule is Cc1cc(-c2ccc(F)c(F)c2F)nc(N)n1. The molecule has 2 rings (SSSR count). The van der Waals surface area contributed by atoms with Crippen LogP contribution in [0.4, 0.5) is 19.1 Å². The Bertz CT molecular complexity index is 564. The van der Waals surface area contributed by atoms with Gasteiger partial charge in [0.1, 0.15) is 0 Å². The molecule has 1 aromatic heterocycles. The number of rotatable bonds is 1. The Hall–Kier alpha value is -2.11. The van der Waals surface area contributed by atoms with Gasteiger partial charge in [-0.1, -0.05) is 0 Å². The van der Waals surface area contributed by atoms with E-state index in [9.17, 15) is 13.2 Å². The molecular formula is C11H8F3N3. The number of hydrogen-bond donors (Lipinski definition) is 1. The Balaban J connectivity index is 2.64. The quantitative estimate of drug-likeness (QED) is 0.777. The highest BCUT2D eigenvalue weighted by atomic mass is 19.2. The minimum Gasteiger partial charge on any atom is -0.368 e. The molecule has 2 N–H and O–H groups in total. The van der Waals surface area contributed by atoms with Crippen molar-refractivity contribution < 1.29 is 13.2 Å². The third kappa shape index (κ3) is 2.06. The number of benzene rings is 1. The van der Waals surface area contributed by atoms with Gasteiger partial charge in [0, 0.05) is 11.3 Å². The molecule has 17 heavy (non-hydrogen) atoms. The van der Waals surface area contributed by atoms with Crippen LogP contribution >= 0.6 is 0 Å². The maximum atomic E-state index is 13.5. The minimum atomic E-state index is -1.53. The van der Waals surface area contributed by atoms with Gasteiger partial charge in [-0.05, 0) is 25.1 Å². The van der Waals surface area contributed by atoms with Crippen LogP contribution in [0.25, 0.3) is 11.3 Å². The molecule has 0 atom stereocenters. The zero-order chi connectivity index (χ0) is 12.6. The molecule has 0 saturated carbocycles. The minimum absolute atomic E-state index is 0.0517. The summed E-state index contributed by atoms with van der Waals surface area (Å²) in [4.78, 5) is 7.58. The van der Waals surface area contributed by atoms with Crippen molar-refractivity contribution in [3.63, 3.8) is 0 Å². The van der Waals surface area contributed by atoms with Crippen molar-refractivity contribution in [2.75, 3.05) is 5.73 Å². The monoisotopic (exact) mass is 239 g/mol. The summed E-state index contributed by atoms with van der Waals surface area (Å²) < 4.78 is 39.3. The third-order valence-electron chi connectivity index (χ3n) is 2.18. The van der Waals surface area contributed by atoms with E-state index in [4.69, 9.17) is 5.73 Å². The van der Waals surface area contributed by atoms with Gasteiger partial charge in [-0.2, -0.15) is 0 Å². The standard InChI is InChI=1S/C11H8F3N3/c1-5-4-8(17-11(15)16-5)6-2-3-7(12)10(14)9(6)13/h2-4H,1H3,(H2,15,16,17). The number of halogens is 3. The normalized spacial score (nSPS) is 10.6. The number of hydrogen-bond acceptors (Lipinski definition) is 3. The summed E-state index contributed by atoms with van der Waals surface area (Å²) in [5, 5.41) is 0. The van der Waals surface area contributed by atoms with Gasteiger partial charge in [0.25, 0.3) is 0 Å². The van der Waals surface area contributed by atoms with E-state index in [2.05, 4.69) is 9.97 Å². The van der Waals surface area contributed by atoms with Gasteiger partial charge < -0.3 is 5.73 Å². The number of aryl methyl sites for hydroxylation is 1. The molecule has 6 heteroatoms. The fraction of sp³-hybridized carbons (Fsp3) is 0.0909. The van der Waals surface area contributed by atoms with Crippen molar-refractivity contribution in [1.29, 1.82) is 0 Å². The summed E-state index contributed by atoms with van der Waals surface area (Å²) in [7, 11) is 0. The van der Waals surface area contributed by atoms with E-state index in [0.29, 0.717) is 5.69 Å². The van der Waals surface area contributed by atoms with Crippen LogP contribution in [-0.2, 0) is 0 Å². The fourth-order valence-electron chi connectivity index (χ4n) is 1.45. The maximum Gasteiger partial charge on any atom is 0.220 e. The summed E-state index contributed by atoms with van der Waals surface area (Å²) in [5.74, 6) is -4.12. The van der Waals surface area contributed by atoms with Gasteiger partial charge in [-0.25, -0.2) is 23.1 Å². The highest BCUT2D eigenvalue weighted by molar-refractivity contribution is 5.61. The lowest BCUT2D eigenvalue weighted by atomic mass is 10.1. The second-order valence-corrected chi connectivity index (χ2v) is 3.48. The summed E-state index contributed by atoms with van der Waals surface area (Å²) in [6.45, 7) is 1.64. The lowest BCUT2D eigenvalue weighted by molar-refractivity contribution is 0.449. The van der Waals surface area contributed by atoms with E-state index < -0.39 is 17.5 Å². The van der Waals surface area contributed by atoms with Crippen LogP contribution in [0.3, 0.4) is 0 Å². The molecule has 0 bridgehead atoms. The number of nitrogens with two attached hydrogens (primary N) is 1. The number of nitrogen functional groups attached to an aromatic ring is 1. The molecule has 0 saturated heterocycles. The van der Waals surface area contributed by atoms with Crippen LogP contribution < -0.4 is 5.73 Å². The van der Waals surface area contributed by atoms with Gasteiger partial charge in [0.15, 0.2) is 17.5 Å². The topological polar surface area (TPSA) is 51.8 Å². The maximum absolute atomic E-state index is 13.5.